The quantitative estimate of drug-likeness (QED) is 0.753. The molecule has 0 aromatic carbocycles. The number of nitrogens with zero attached hydrogens (tertiary/aromatic N) is 2. The maximum absolute atomic E-state index is 12.0. The van der Waals surface area contributed by atoms with Crippen LogP contribution < -0.4 is 16.2 Å². The average Bonchev–Trinajstić information content (AvgIpc) is 2.45. The smallest absolute Gasteiger partial charge is 0.283 e. The van der Waals surface area contributed by atoms with Crippen LogP contribution in [0.25, 0.3) is 0 Å². The molecule has 0 unspecified atom stereocenters. The third kappa shape index (κ3) is 4.96. The van der Waals surface area contributed by atoms with Crippen molar-refractivity contribution in [3.63, 3.8) is 0 Å². The van der Waals surface area contributed by atoms with Gasteiger partial charge in [-0.25, -0.2) is 4.68 Å². The number of carbonyl (C=O) groups excluding carboxylic acids is 1. The molecule has 1 aromatic rings. The van der Waals surface area contributed by atoms with E-state index in [0.29, 0.717) is 23.2 Å². The molecule has 20 heavy (non-hydrogen) atoms. The van der Waals surface area contributed by atoms with Gasteiger partial charge in [0.1, 0.15) is 4.47 Å². The molecular formula is C13H21BrN4O2. The second-order valence-corrected chi connectivity index (χ2v) is 5.25. The summed E-state index contributed by atoms with van der Waals surface area (Å²) in [6.07, 6.45) is 4.37. The molecule has 112 valence electrons. The Balaban J connectivity index is 2.66. The van der Waals surface area contributed by atoms with E-state index in [2.05, 4.69) is 38.6 Å². The topological polar surface area (TPSA) is 76.0 Å². The van der Waals surface area contributed by atoms with E-state index >= 15 is 0 Å². The van der Waals surface area contributed by atoms with Crippen molar-refractivity contribution in [3.8, 4) is 0 Å². The standard InChI is InChI=1S/C13H21BrN4O2/c1-3-5-7-18-13(20)12(14)10(8-17-18)16-9-11(19)15-6-4-2/h8,16H,3-7,9H2,1-2H3,(H,15,19). The van der Waals surface area contributed by atoms with Gasteiger partial charge in [-0.15, -0.1) is 0 Å². The van der Waals surface area contributed by atoms with Gasteiger partial charge in [-0.3, -0.25) is 9.59 Å². The second-order valence-electron chi connectivity index (χ2n) is 4.46. The number of hydrogen-bond donors (Lipinski definition) is 2. The maximum Gasteiger partial charge on any atom is 0.283 e. The monoisotopic (exact) mass is 344 g/mol. The van der Waals surface area contributed by atoms with Crippen molar-refractivity contribution >= 4 is 27.5 Å². The van der Waals surface area contributed by atoms with Crippen LogP contribution in [0.1, 0.15) is 33.1 Å². The third-order valence-electron chi connectivity index (χ3n) is 2.72. The van der Waals surface area contributed by atoms with E-state index in [9.17, 15) is 9.59 Å². The summed E-state index contributed by atoms with van der Waals surface area (Å²) in [7, 11) is 0. The zero-order chi connectivity index (χ0) is 15.0. The van der Waals surface area contributed by atoms with Crippen molar-refractivity contribution in [2.75, 3.05) is 18.4 Å². The molecule has 0 aliphatic heterocycles. The van der Waals surface area contributed by atoms with Crippen molar-refractivity contribution in [2.45, 2.75) is 39.7 Å². The maximum atomic E-state index is 12.0. The molecule has 0 radical (unpaired) electrons. The molecular weight excluding hydrogens is 324 g/mol. The fourth-order valence-corrected chi connectivity index (χ4v) is 2.01. The lowest BCUT2D eigenvalue weighted by molar-refractivity contribution is -0.119. The summed E-state index contributed by atoms with van der Waals surface area (Å²) in [6, 6.07) is 0. The molecule has 0 bridgehead atoms. The van der Waals surface area contributed by atoms with Gasteiger partial charge in [0.05, 0.1) is 18.4 Å². The second kappa shape index (κ2) is 8.73. The number of rotatable bonds is 8. The number of halogens is 1. The van der Waals surface area contributed by atoms with E-state index < -0.39 is 0 Å². The van der Waals surface area contributed by atoms with Gasteiger partial charge < -0.3 is 10.6 Å². The van der Waals surface area contributed by atoms with Crippen LogP contribution in [-0.4, -0.2) is 28.8 Å². The molecule has 0 saturated heterocycles. The van der Waals surface area contributed by atoms with E-state index in [1.807, 2.05) is 6.92 Å². The summed E-state index contributed by atoms with van der Waals surface area (Å²) in [5, 5.41) is 9.76. The van der Waals surface area contributed by atoms with Crippen LogP contribution in [0.4, 0.5) is 5.69 Å². The Kier molecular flexibility index (Phi) is 7.28. The van der Waals surface area contributed by atoms with Crippen LogP contribution in [0.5, 0.6) is 0 Å². The first-order chi connectivity index (χ1) is 9.60. The van der Waals surface area contributed by atoms with Gasteiger partial charge >= 0.3 is 0 Å². The number of aromatic nitrogens is 2. The lowest BCUT2D eigenvalue weighted by Gasteiger charge is -2.10. The summed E-state index contributed by atoms with van der Waals surface area (Å²) < 4.78 is 1.84. The van der Waals surface area contributed by atoms with Gasteiger partial charge in [0.15, 0.2) is 0 Å². The molecule has 0 aliphatic rings. The van der Waals surface area contributed by atoms with Crippen molar-refractivity contribution in [2.24, 2.45) is 0 Å². The number of carbonyl (C=O) groups is 1. The number of anilines is 1. The summed E-state index contributed by atoms with van der Waals surface area (Å²) in [5.41, 5.74) is 0.354. The van der Waals surface area contributed by atoms with Crippen LogP contribution in [0.3, 0.4) is 0 Å². The molecule has 0 fully saturated rings. The van der Waals surface area contributed by atoms with Crippen molar-refractivity contribution in [1.29, 1.82) is 0 Å². The summed E-state index contributed by atoms with van der Waals surface area (Å²) in [4.78, 5) is 23.5. The highest BCUT2D eigenvalue weighted by Gasteiger charge is 2.09. The van der Waals surface area contributed by atoms with Crippen LogP contribution in [-0.2, 0) is 11.3 Å². The lowest BCUT2D eigenvalue weighted by Crippen LogP contribution is -2.31. The minimum Gasteiger partial charge on any atom is -0.374 e. The average molecular weight is 345 g/mol. The zero-order valence-corrected chi connectivity index (χ0v) is 13.5. The molecule has 1 amide bonds. The molecule has 2 N–H and O–H groups in total. The van der Waals surface area contributed by atoms with Crippen molar-refractivity contribution in [3.05, 3.63) is 21.0 Å². The van der Waals surface area contributed by atoms with Crippen LogP contribution in [0, 0.1) is 0 Å². The molecule has 1 rings (SSSR count). The molecule has 7 heteroatoms. The van der Waals surface area contributed by atoms with E-state index in [4.69, 9.17) is 0 Å². The third-order valence-corrected chi connectivity index (χ3v) is 3.49. The van der Waals surface area contributed by atoms with Crippen LogP contribution in [0.15, 0.2) is 15.5 Å². The Bertz CT molecular complexity index is 502. The van der Waals surface area contributed by atoms with Gasteiger partial charge in [0.2, 0.25) is 5.91 Å². The Hall–Kier alpha value is -1.37. The Morgan fingerprint density at radius 2 is 2.15 bits per heavy atom. The van der Waals surface area contributed by atoms with Gasteiger partial charge in [-0.2, -0.15) is 5.10 Å². The molecule has 0 aliphatic carbocycles. The first-order valence-electron chi connectivity index (χ1n) is 6.86. The predicted octanol–water partition coefficient (Wildman–Crippen LogP) is 1.74. The van der Waals surface area contributed by atoms with Crippen molar-refractivity contribution in [1.82, 2.24) is 15.1 Å². The Labute approximate surface area is 127 Å². The van der Waals surface area contributed by atoms with E-state index in [-0.39, 0.29) is 18.0 Å². The normalized spacial score (nSPS) is 10.3. The summed E-state index contributed by atoms with van der Waals surface area (Å²) in [5.74, 6) is -0.103. The fraction of sp³-hybridized carbons (Fsp3) is 0.615. The molecule has 0 saturated carbocycles. The van der Waals surface area contributed by atoms with Gasteiger partial charge in [0, 0.05) is 13.1 Å². The minimum absolute atomic E-state index is 0.103. The van der Waals surface area contributed by atoms with Gasteiger partial charge in [-0.1, -0.05) is 20.3 Å². The highest BCUT2D eigenvalue weighted by Crippen LogP contribution is 2.15. The Morgan fingerprint density at radius 3 is 2.80 bits per heavy atom. The van der Waals surface area contributed by atoms with E-state index in [1.54, 1.807) is 6.20 Å². The largest absolute Gasteiger partial charge is 0.374 e. The SMILES string of the molecule is CCCCn1ncc(NCC(=O)NCCC)c(Br)c1=O. The van der Waals surface area contributed by atoms with Crippen LogP contribution >= 0.6 is 15.9 Å². The summed E-state index contributed by atoms with van der Waals surface area (Å²) >= 11 is 3.26. The van der Waals surface area contributed by atoms with E-state index in [0.717, 1.165) is 19.3 Å². The number of unbranched alkanes of at least 4 members (excludes halogenated alkanes) is 1. The van der Waals surface area contributed by atoms with Crippen molar-refractivity contribution < 1.29 is 4.79 Å². The van der Waals surface area contributed by atoms with E-state index in [1.165, 1.54) is 4.68 Å². The number of hydrogen-bond acceptors (Lipinski definition) is 4. The minimum atomic E-state index is -0.183. The first kappa shape index (κ1) is 16.7. The highest BCUT2D eigenvalue weighted by atomic mass is 79.9. The first-order valence-corrected chi connectivity index (χ1v) is 7.65. The molecule has 6 nitrogen and oxygen atoms in total. The molecule has 0 atom stereocenters. The number of nitrogens with one attached hydrogen (secondary N) is 2. The van der Waals surface area contributed by atoms with Gasteiger partial charge in [-0.05, 0) is 28.8 Å². The molecule has 1 heterocycles. The van der Waals surface area contributed by atoms with Gasteiger partial charge in [0.25, 0.3) is 5.56 Å². The molecule has 0 spiro atoms. The molecule has 1 aromatic heterocycles. The fourth-order valence-electron chi connectivity index (χ4n) is 1.56. The highest BCUT2D eigenvalue weighted by molar-refractivity contribution is 9.10. The number of aryl methyl sites for hydroxylation is 1. The Morgan fingerprint density at radius 1 is 1.40 bits per heavy atom. The number of amides is 1. The lowest BCUT2D eigenvalue weighted by atomic mass is 10.3. The predicted molar refractivity (Wildman–Crippen MR) is 82.9 cm³/mol. The summed E-state index contributed by atoms with van der Waals surface area (Å²) in [6.45, 7) is 5.43. The van der Waals surface area contributed by atoms with Crippen LogP contribution in [0.2, 0.25) is 0 Å². The zero-order valence-electron chi connectivity index (χ0n) is 11.9.